The lowest BCUT2D eigenvalue weighted by atomic mass is 10.00. The van der Waals surface area contributed by atoms with E-state index in [1.165, 1.54) is 5.56 Å². The van der Waals surface area contributed by atoms with Gasteiger partial charge in [-0.3, -0.25) is 9.59 Å². The monoisotopic (exact) mass is 366 g/mol. The zero-order chi connectivity index (χ0) is 19.4. The molecular weight excluding hydrogens is 340 g/mol. The molecular formula is C22H26N2O3. The third kappa shape index (κ3) is 4.88. The van der Waals surface area contributed by atoms with E-state index in [4.69, 9.17) is 4.74 Å². The number of nitrogens with zero attached hydrogens (tertiary/aromatic N) is 1. The van der Waals surface area contributed by atoms with Gasteiger partial charge < -0.3 is 15.0 Å². The summed E-state index contributed by atoms with van der Waals surface area (Å²) in [6.07, 6.45) is 0. The third-order valence-electron chi connectivity index (χ3n) is 4.83. The predicted molar refractivity (Wildman–Crippen MR) is 105 cm³/mol. The third-order valence-corrected chi connectivity index (χ3v) is 4.83. The van der Waals surface area contributed by atoms with Gasteiger partial charge in [-0.1, -0.05) is 26.0 Å². The van der Waals surface area contributed by atoms with Crippen LogP contribution in [0.5, 0.6) is 11.5 Å². The highest BCUT2D eigenvalue weighted by Crippen LogP contribution is 2.25. The molecule has 5 nitrogen and oxygen atoms in total. The first-order chi connectivity index (χ1) is 12.9. The van der Waals surface area contributed by atoms with Gasteiger partial charge in [0.15, 0.2) is 0 Å². The second-order valence-corrected chi connectivity index (χ2v) is 7.35. The minimum atomic E-state index is -0.107. The Labute approximate surface area is 160 Å². The number of nitrogens with one attached hydrogen (secondary N) is 1. The second kappa shape index (κ2) is 8.25. The normalized spacial score (nSPS) is 14.0. The van der Waals surface area contributed by atoms with Gasteiger partial charge in [-0.25, -0.2) is 0 Å². The number of amides is 2. The summed E-state index contributed by atoms with van der Waals surface area (Å²) in [7, 11) is 0. The molecule has 1 aliphatic rings. The van der Waals surface area contributed by atoms with Crippen molar-refractivity contribution in [3.8, 4) is 11.5 Å². The highest BCUT2D eigenvalue weighted by atomic mass is 16.5. The first kappa shape index (κ1) is 19.0. The van der Waals surface area contributed by atoms with Gasteiger partial charge in [0.25, 0.3) is 5.91 Å². The van der Waals surface area contributed by atoms with Crippen LogP contribution in [0.1, 0.15) is 42.6 Å². The number of hydrogen-bond acceptors (Lipinski definition) is 3. The summed E-state index contributed by atoms with van der Waals surface area (Å²) >= 11 is 0. The standard InChI is InChI=1S/C22H26N2O3/c1-15(2)19-5-4-6-21(11-19)27-20-9-7-18(8-10-20)22(26)23-12-17-13-24(14-17)16(3)25/h4-11,15,17H,12-14H2,1-3H3,(H,23,26). The van der Waals surface area contributed by atoms with Gasteiger partial charge in [0.05, 0.1) is 0 Å². The van der Waals surface area contributed by atoms with Crippen LogP contribution in [0.2, 0.25) is 0 Å². The van der Waals surface area contributed by atoms with Gasteiger partial charge in [-0.05, 0) is 47.9 Å². The van der Waals surface area contributed by atoms with Crippen LogP contribution in [-0.4, -0.2) is 36.3 Å². The molecule has 2 amide bonds. The molecule has 3 rings (SSSR count). The summed E-state index contributed by atoms with van der Waals surface area (Å²) in [5.41, 5.74) is 1.82. The number of ether oxygens (including phenoxy) is 1. The molecule has 0 unspecified atom stereocenters. The summed E-state index contributed by atoms with van der Waals surface area (Å²) in [5, 5.41) is 2.93. The van der Waals surface area contributed by atoms with Gasteiger partial charge in [-0.2, -0.15) is 0 Å². The molecule has 0 bridgehead atoms. The summed E-state index contributed by atoms with van der Waals surface area (Å²) in [6.45, 7) is 7.89. The molecule has 0 radical (unpaired) electrons. The van der Waals surface area contributed by atoms with E-state index in [0.29, 0.717) is 29.7 Å². The van der Waals surface area contributed by atoms with Gasteiger partial charge in [0.2, 0.25) is 5.91 Å². The Morgan fingerprint density at radius 2 is 1.81 bits per heavy atom. The van der Waals surface area contributed by atoms with Crippen LogP contribution < -0.4 is 10.1 Å². The van der Waals surface area contributed by atoms with Crippen LogP contribution in [0.15, 0.2) is 48.5 Å². The molecule has 1 saturated heterocycles. The van der Waals surface area contributed by atoms with E-state index in [1.807, 2.05) is 18.2 Å². The van der Waals surface area contributed by atoms with Gasteiger partial charge >= 0.3 is 0 Å². The van der Waals surface area contributed by atoms with E-state index in [0.717, 1.165) is 18.8 Å². The van der Waals surface area contributed by atoms with Crippen LogP contribution in [-0.2, 0) is 4.79 Å². The molecule has 1 aliphatic heterocycles. The fraction of sp³-hybridized carbons (Fsp3) is 0.364. The molecule has 5 heteroatoms. The van der Waals surface area contributed by atoms with Crippen LogP contribution in [0.4, 0.5) is 0 Å². The van der Waals surface area contributed by atoms with Crippen molar-refractivity contribution in [3.05, 3.63) is 59.7 Å². The molecule has 0 atom stereocenters. The molecule has 0 aliphatic carbocycles. The lowest BCUT2D eigenvalue weighted by Gasteiger charge is -2.38. The van der Waals surface area contributed by atoms with Gasteiger partial charge in [0.1, 0.15) is 11.5 Å². The fourth-order valence-electron chi connectivity index (χ4n) is 3.04. The number of benzene rings is 2. The SMILES string of the molecule is CC(=O)N1CC(CNC(=O)c2ccc(Oc3cccc(C(C)C)c3)cc2)C1. The van der Waals surface area contributed by atoms with E-state index in [-0.39, 0.29) is 11.8 Å². The first-order valence-electron chi connectivity index (χ1n) is 9.34. The summed E-state index contributed by atoms with van der Waals surface area (Å²) < 4.78 is 5.89. The summed E-state index contributed by atoms with van der Waals surface area (Å²) in [6, 6.07) is 15.2. The fourth-order valence-corrected chi connectivity index (χ4v) is 3.04. The van der Waals surface area contributed by atoms with Crippen LogP contribution >= 0.6 is 0 Å². The van der Waals surface area contributed by atoms with Crippen molar-refractivity contribution in [2.75, 3.05) is 19.6 Å². The maximum atomic E-state index is 12.3. The Balaban J connectivity index is 1.52. The van der Waals surface area contributed by atoms with E-state index in [9.17, 15) is 9.59 Å². The molecule has 0 aromatic heterocycles. The number of carbonyl (C=O) groups excluding carboxylic acids is 2. The number of hydrogen-bond donors (Lipinski definition) is 1. The molecule has 0 spiro atoms. The lowest BCUT2D eigenvalue weighted by molar-refractivity contribution is -0.134. The highest BCUT2D eigenvalue weighted by molar-refractivity contribution is 5.94. The van der Waals surface area contributed by atoms with Gasteiger partial charge in [0, 0.05) is 38.0 Å². The average Bonchev–Trinajstić information content (AvgIpc) is 2.60. The van der Waals surface area contributed by atoms with Crippen LogP contribution in [0, 0.1) is 5.92 Å². The topological polar surface area (TPSA) is 58.6 Å². The average molecular weight is 366 g/mol. The highest BCUT2D eigenvalue weighted by Gasteiger charge is 2.28. The van der Waals surface area contributed by atoms with E-state index in [1.54, 1.807) is 36.1 Å². The van der Waals surface area contributed by atoms with E-state index in [2.05, 4.69) is 25.2 Å². The second-order valence-electron chi connectivity index (χ2n) is 7.35. The minimum absolute atomic E-state index is 0.0899. The van der Waals surface area contributed by atoms with Crippen molar-refractivity contribution >= 4 is 11.8 Å². The Hall–Kier alpha value is -2.82. The molecule has 2 aromatic rings. The smallest absolute Gasteiger partial charge is 0.251 e. The zero-order valence-electron chi connectivity index (χ0n) is 16.1. The zero-order valence-corrected chi connectivity index (χ0v) is 16.1. The van der Waals surface area contributed by atoms with Crippen molar-refractivity contribution in [3.63, 3.8) is 0 Å². The minimum Gasteiger partial charge on any atom is -0.457 e. The van der Waals surface area contributed by atoms with E-state index >= 15 is 0 Å². The number of carbonyl (C=O) groups is 2. The largest absolute Gasteiger partial charge is 0.457 e. The quantitative estimate of drug-likeness (QED) is 0.846. The predicted octanol–water partition coefficient (Wildman–Crippen LogP) is 3.81. The molecule has 27 heavy (non-hydrogen) atoms. The number of rotatable bonds is 6. The molecule has 142 valence electrons. The van der Waals surface area contributed by atoms with Crippen molar-refractivity contribution < 1.29 is 14.3 Å². The summed E-state index contributed by atoms with van der Waals surface area (Å²) in [4.78, 5) is 25.2. The van der Waals surface area contributed by atoms with Gasteiger partial charge in [-0.15, -0.1) is 0 Å². The Bertz CT molecular complexity index is 809. The number of likely N-dealkylation sites (tertiary alicyclic amines) is 1. The van der Waals surface area contributed by atoms with Crippen molar-refractivity contribution in [2.45, 2.75) is 26.7 Å². The molecule has 2 aromatic carbocycles. The molecule has 1 N–H and O–H groups in total. The molecule has 1 fully saturated rings. The Morgan fingerprint density at radius 3 is 2.44 bits per heavy atom. The lowest BCUT2D eigenvalue weighted by Crippen LogP contribution is -2.53. The Kier molecular flexibility index (Phi) is 5.79. The van der Waals surface area contributed by atoms with E-state index < -0.39 is 0 Å². The van der Waals surface area contributed by atoms with Crippen molar-refractivity contribution in [1.29, 1.82) is 0 Å². The van der Waals surface area contributed by atoms with Crippen LogP contribution in [0.25, 0.3) is 0 Å². The molecule has 0 saturated carbocycles. The summed E-state index contributed by atoms with van der Waals surface area (Å²) in [5.74, 6) is 2.25. The Morgan fingerprint density at radius 1 is 1.11 bits per heavy atom. The maximum absolute atomic E-state index is 12.3. The van der Waals surface area contributed by atoms with Crippen molar-refractivity contribution in [1.82, 2.24) is 10.2 Å². The van der Waals surface area contributed by atoms with Crippen molar-refractivity contribution in [2.24, 2.45) is 5.92 Å². The maximum Gasteiger partial charge on any atom is 0.251 e. The molecule has 1 heterocycles. The van der Waals surface area contributed by atoms with Crippen LogP contribution in [0.3, 0.4) is 0 Å². The first-order valence-corrected chi connectivity index (χ1v) is 9.34.